The lowest BCUT2D eigenvalue weighted by Gasteiger charge is -2.37. The van der Waals surface area contributed by atoms with Crippen molar-refractivity contribution in [1.82, 2.24) is 40.1 Å². The molecule has 1 fully saturated rings. The van der Waals surface area contributed by atoms with Crippen molar-refractivity contribution < 1.29 is 28.7 Å². The molecule has 14 nitrogen and oxygen atoms in total. The predicted octanol–water partition coefficient (Wildman–Crippen LogP) is 7.07. The molecule has 0 saturated carbocycles. The maximum atomic E-state index is 14.5. The molecule has 0 unspecified atom stereocenters. The van der Waals surface area contributed by atoms with E-state index >= 15 is 0 Å². The maximum absolute atomic E-state index is 14.5. The van der Waals surface area contributed by atoms with Crippen molar-refractivity contribution >= 4 is 100 Å². The topological polar surface area (TPSA) is 151 Å². The van der Waals surface area contributed by atoms with Gasteiger partial charge in [-0.3, -0.25) is 24.4 Å². The van der Waals surface area contributed by atoms with Gasteiger partial charge in [-0.1, -0.05) is 33.8 Å². The number of carbonyl (C=O) groups is 4. The second kappa shape index (κ2) is 24.3. The number of carbonyl (C=O) groups excluding carboxylic acids is 4. The first-order valence-electron chi connectivity index (χ1n) is 21.3. The molecular formula is C45H70N8O6S5. The number of nitrogens with zero attached hydrogens (tertiary/aromatic N) is 6. The molecular weight excluding hydrogens is 909 g/mol. The van der Waals surface area contributed by atoms with Crippen LogP contribution in [0.2, 0.25) is 0 Å². The number of thiazole rings is 1. The molecule has 6 rings (SSSR count). The van der Waals surface area contributed by atoms with Crippen molar-refractivity contribution in [3.05, 3.63) is 58.2 Å². The van der Waals surface area contributed by atoms with Crippen LogP contribution in [0.5, 0.6) is 0 Å². The zero-order valence-electron chi connectivity index (χ0n) is 38.8. The molecule has 2 N–H and O–H groups in total. The maximum Gasteiger partial charge on any atom is 0.324 e. The minimum atomic E-state index is -1.03. The Hall–Kier alpha value is -3.46. The summed E-state index contributed by atoms with van der Waals surface area (Å²) in [5.74, 6) is -1.52. The molecule has 19 heteroatoms. The Morgan fingerprint density at radius 1 is 1.08 bits per heavy atom. The van der Waals surface area contributed by atoms with Crippen molar-refractivity contribution in [3.63, 3.8) is 0 Å². The number of cyclic esters (lactones) is 1. The fourth-order valence-corrected chi connectivity index (χ4v) is 9.43. The number of rotatable bonds is 10. The smallest absolute Gasteiger partial charge is 0.324 e. The molecule has 5 heterocycles. The number of amides is 4. The number of hydrogen-bond acceptors (Lipinski definition) is 10. The molecule has 1 aromatic carbocycles. The first-order chi connectivity index (χ1) is 28.6. The largest absolute Gasteiger partial charge is 0.464 e. The third kappa shape index (κ3) is 12.1. The summed E-state index contributed by atoms with van der Waals surface area (Å²) in [7, 11) is 3.32. The van der Waals surface area contributed by atoms with Gasteiger partial charge in [-0.25, -0.2) is 15.2 Å². The van der Waals surface area contributed by atoms with Crippen LogP contribution in [0.25, 0.3) is 33.4 Å². The van der Waals surface area contributed by atoms with Crippen LogP contribution in [0, 0.1) is 11.3 Å². The van der Waals surface area contributed by atoms with E-state index in [0.717, 1.165) is 44.7 Å². The van der Waals surface area contributed by atoms with Crippen molar-refractivity contribution in [2.24, 2.45) is 11.3 Å². The van der Waals surface area contributed by atoms with E-state index in [0.29, 0.717) is 50.4 Å². The van der Waals surface area contributed by atoms with Gasteiger partial charge in [0.1, 0.15) is 18.1 Å². The molecule has 2 aliphatic rings. The normalized spacial score (nSPS) is 18.2. The third-order valence-electron chi connectivity index (χ3n) is 11.8. The summed E-state index contributed by atoms with van der Waals surface area (Å²) in [6.07, 6.45) is 3.31. The summed E-state index contributed by atoms with van der Waals surface area (Å²) >= 11 is 1.43. The Labute approximate surface area is 410 Å². The fourth-order valence-electron chi connectivity index (χ4n) is 8.58. The molecule has 0 aliphatic carbocycles. The van der Waals surface area contributed by atoms with Crippen LogP contribution in [-0.4, -0.2) is 112 Å². The van der Waals surface area contributed by atoms with Gasteiger partial charge in [-0.05, 0) is 82.7 Å². The minimum absolute atomic E-state index is 0. The Bertz CT molecular complexity index is 2210. The Kier molecular flexibility index (Phi) is 21.6. The van der Waals surface area contributed by atoms with Crippen molar-refractivity contribution in [2.75, 3.05) is 40.4 Å². The summed E-state index contributed by atoms with van der Waals surface area (Å²) in [5.41, 5.74) is 9.38. The van der Waals surface area contributed by atoms with Crippen molar-refractivity contribution in [1.29, 1.82) is 0 Å². The molecule has 1 saturated heterocycles. The molecule has 4 atom stereocenters. The van der Waals surface area contributed by atoms with E-state index in [-0.39, 0.29) is 85.1 Å². The first kappa shape index (κ1) is 56.7. The molecule has 2 aliphatic heterocycles. The van der Waals surface area contributed by atoms with Crippen LogP contribution in [0.1, 0.15) is 90.6 Å². The summed E-state index contributed by atoms with van der Waals surface area (Å²) in [6.45, 7) is 18.1. The van der Waals surface area contributed by atoms with Crippen LogP contribution >= 0.6 is 65.3 Å². The van der Waals surface area contributed by atoms with Gasteiger partial charge < -0.3 is 29.2 Å². The third-order valence-corrected chi connectivity index (χ3v) is 12.7. The minimum Gasteiger partial charge on any atom is -0.464 e. The number of nitrogens with one attached hydrogen (secondary N) is 2. The number of hydrazine groups is 1. The number of ether oxygens (including phenoxy) is 2. The zero-order valence-corrected chi connectivity index (χ0v) is 43.6. The SMILES string of the molecule is CCN(CC)C(=O)N(C)[C@H](C(=O)N[C@H]1Cc2nc(cs2)-c2ccc3c(c2)c(c(-c2cccnc2[C@H](C)OC)n3CC)CC(C)(C)COC(=O)[C@@H]2CCCN(N2)C1=O)C(C)C.S.S.S.S. The van der Waals surface area contributed by atoms with Crippen LogP contribution in [0.4, 0.5) is 4.79 Å². The summed E-state index contributed by atoms with van der Waals surface area (Å²) in [4.78, 5) is 69.0. The highest BCUT2D eigenvalue weighted by molar-refractivity contribution is 7.59. The molecule has 0 spiro atoms. The molecule has 356 valence electrons. The molecule has 4 amide bonds. The van der Waals surface area contributed by atoms with Gasteiger partial charge in [0.25, 0.3) is 5.91 Å². The quantitative estimate of drug-likeness (QED) is 0.159. The van der Waals surface area contributed by atoms with E-state index in [2.05, 4.69) is 60.3 Å². The zero-order chi connectivity index (χ0) is 43.5. The lowest BCUT2D eigenvalue weighted by atomic mass is 9.84. The van der Waals surface area contributed by atoms with Gasteiger partial charge in [-0.15, -0.1) is 11.3 Å². The van der Waals surface area contributed by atoms with Gasteiger partial charge in [0.05, 0.1) is 34.8 Å². The monoisotopic (exact) mass is 978 g/mol. The van der Waals surface area contributed by atoms with Crippen LogP contribution in [0.15, 0.2) is 41.9 Å². The number of aryl methyl sites for hydroxylation is 1. The number of esters is 1. The first-order valence-corrected chi connectivity index (χ1v) is 22.1. The number of aromatic nitrogens is 3. The highest BCUT2D eigenvalue weighted by Crippen LogP contribution is 2.42. The lowest BCUT2D eigenvalue weighted by Crippen LogP contribution is -2.62. The second-order valence-corrected chi connectivity index (χ2v) is 18.0. The number of benzene rings is 1. The standard InChI is InChI=1S/C45H62N8O6S.4H2S/c1-11-51(12-2)44(57)50(9)39(27(4)5)41(54)48-34-23-37-47-35(25-60-37)29-18-19-36-31(22-29)32(40(52(36)13-3)30-16-14-20-46-38(30)28(6)58-10)24-45(7,8)26-59-43(56)33-17-15-21-53(49-33)42(34)55;;;;/h14,16,18-20,22,25,27-28,33-34,39,49H,11-13,15,17,21,23-24,26H2,1-10H3,(H,48,54);4*1H2/t28-,33-,34-,39-;;;;/m0..../s1. The van der Waals surface area contributed by atoms with E-state index < -0.39 is 41.3 Å². The van der Waals surface area contributed by atoms with Crippen molar-refractivity contribution in [2.45, 2.75) is 112 Å². The van der Waals surface area contributed by atoms with Gasteiger partial charge in [0.15, 0.2) is 0 Å². The number of urea groups is 1. The Balaban J connectivity index is 0.00000352. The van der Waals surface area contributed by atoms with E-state index in [1.165, 1.54) is 21.2 Å². The number of likely N-dealkylation sites (N-methyl/N-ethyl adjacent to an activating group) is 1. The van der Waals surface area contributed by atoms with Gasteiger partial charge >= 0.3 is 12.0 Å². The summed E-state index contributed by atoms with van der Waals surface area (Å²) in [6, 6.07) is 7.56. The number of pyridine rings is 1. The molecule has 64 heavy (non-hydrogen) atoms. The Morgan fingerprint density at radius 2 is 1.78 bits per heavy atom. The molecule has 6 bridgehead atoms. The highest BCUT2D eigenvalue weighted by atomic mass is 32.1. The summed E-state index contributed by atoms with van der Waals surface area (Å²) in [5, 5.41) is 8.17. The van der Waals surface area contributed by atoms with Crippen LogP contribution in [-0.2, 0) is 43.2 Å². The van der Waals surface area contributed by atoms with E-state index in [4.69, 9.17) is 19.4 Å². The number of methoxy groups -OCH3 is 1. The second-order valence-electron chi connectivity index (χ2n) is 17.0. The molecule has 4 aromatic rings. The number of hydrogen-bond donors (Lipinski definition) is 2. The van der Waals surface area contributed by atoms with Gasteiger partial charge in [-0.2, -0.15) is 54.0 Å². The summed E-state index contributed by atoms with van der Waals surface area (Å²) < 4.78 is 14.2. The fraction of sp³-hybridized carbons (Fsp3) is 0.556. The highest BCUT2D eigenvalue weighted by Gasteiger charge is 2.38. The Morgan fingerprint density at radius 3 is 2.42 bits per heavy atom. The molecule has 3 aromatic heterocycles. The average Bonchev–Trinajstić information content (AvgIpc) is 3.83. The molecule has 0 radical (unpaired) electrons. The van der Waals surface area contributed by atoms with E-state index in [9.17, 15) is 19.2 Å². The van der Waals surface area contributed by atoms with Crippen LogP contribution in [0.3, 0.4) is 0 Å². The van der Waals surface area contributed by atoms with Crippen LogP contribution < -0.4 is 10.7 Å². The lowest BCUT2D eigenvalue weighted by molar-refractivity contribution is -0.155. The van der Waals surface area contributed by atoms with Gasteiger partial charge in [0, 0.05) is 85.8 Å². The number of fused-ring (bicyclic) bond motifs is 6. The van der Waals surface area contributed by atoms with E-state index in [1.807, 2.05) is 46.1 Å². The van der Waals surface area contributed by atoms with Gasteiger partial charge in [0.2, 0.25) is 5.91 Å². The van der Waals surface area contributed by atoms with E-state index in [1.54, 1.807) is 25.3 Å². The van der Waals surface area contributed by atoms with Crippen molar-refractivity contribution in [3.8, 4) is 22.5 Å². The predicted molar refractivity (Wildman–Crippen MR) is 276 cm³/mol. The average molecular weight is 979 g/mol.